The molecule has 1 heterocycles. The first kappa shape index (κ1) is 20.8. The van der Waals surface area contributed by atoms with Crippen molar-refractivity contribution in [3.05, 3.63) is 35.4 Å². The molecule has 5 nitrogen and oxygen atoms in total. The second-order valence-corrected chi connectivity index (χ2v) is 8.13. The Morgan fingerprint density at radius 1 is 1.21 bits per heavy atom. The van der Waals surface area contributed by atoms with E-state index in [1.165, 1.54) is 6.42 Å². The molecule has 0 aromatic heterocycles. The summed E-state index contributed by atoms with van der Waals surface area (Å²) in [5.74, 6) is -0.130. The Balaban J connectivity index is 1.99. The standard InChI is InChI=1S/C23H34N2O3/c1-3-4-16-25-22(27)19-12-7-6-11-18(19)20(21(26)24-15-10-17-28-2)23(25)13-8-5-9-14-23/h6-7,11-12,20H,3-5,8-10,13-17H2,1-2H3,(H,24,26)/t20-/m0/s1. The van der Waals surface area contributed by atoms with Gasteiger partial charge in [-0.1, -0.05) is 50.8 Å². The maximum absolute atomic E-state index is 13.4. The Hall–Kier alpha value is -1.88. The van der Waals surface area contributed by atoms with E-state index in [1.54, 1.807) is 7.11 Å². The van der Waals surface area contributed by atoms with Gasteiger partial charge in [-0.05, 0) is 37.3 Å². The van der Waals surface area contributed by atoms with Gasteiger partial charge in [0.15, 0.2) is 0 Å². The summed E-state index contributed by atoms with van der Waals surface area (Å²) in [4.78, 5) is 28.9. The number of fused-ring (bicyclic) bond motifs is 1. The van der Waals surface area contributed by atoms with Crippen LogP contribution in [0.2, 0.25) is 0 Å². The molecule has 154 valence electrons. The van der Waals surface area contributed by atoms with Crippen LogP contribution in [0, 0.1) is 0 Å². The van der Waals surface area contributed by atoms with E-state index in [2.05, 4.69) is 17.1 Å². The number of unbranched alkanes of at least 4 members (excludes halogenated alkanes) is 1. The summed E-state index contributed by atoms with van der Waals surface area (Å²) in [6, 6.07) is 7.73. The number of nitrogens with one attached hydrogen (secondary N) is 1. The van der Waals surface area contributed by atoms with Crippen molar-refractivity contribution < 1.29 is 14.3 Å². The minimum absolute atomic E-state index is 0.0550. The Kier molecular flexibility index (Phi) is 7.11. The van der Waals surface area contributed by atoms with E-state index in [-0.39, 0.29) is 23.3 Å². The lowest BCUT2D eigenvalue weighted by Gasteiger charge is -2.53. The van der Waals surface area contributed by atoms with E-state index in [4.69, 9.17) is 4.74 Å². The molecule has 1 fully saturated rings. The van der Waals surface area contributed by atoms with Gasteiger partial charge in [0.25, 0.3) is 5.91 Å². The third-order valence-corrected chi connectivity index (χ3v) is 6.36. The van der Waals surface area contributed by atoms with Gasteiger partial charge in [-0.2, -0.15) is 0 Å². The molecule has 3 rings (SSSR count). The monoisotopic (exact) mass is 386 g/mol. The lowest BCUT2D eigenvalue weighted by Crippen LogP contribution is -2.62. The Labute approximate surface area is 168 Å². The van der Waals surface area contributed by atoms with E-state index in [9.17, 15) is 9.59 Å². The Morgan fingerprint density at radius 3 is 2.68 bits per heavy atom. The summed E-state index contributed by atoms with van der Waals surface area (Å²) in [7, 11) is 1.67. The van der Waals surface area contributed by atoms with Gasteiger partial charge in [-0.15, -0.1) is 0 Å². The number of ether oxygens (including phenoxy) is 1. The van der Waals surface area contributed by atoms with Crippen LogP contribution in [-0.2, 0) is 9.53 Å². The van der Waals surface area contributed by atoms with Gasteiger partial charge in [0.2, 0.25) is 5.91 Å². The van der Waals surface area contributed by atoms with Crippen molar-refractivity contribution in [1.29, 1.82) is 0 Å². The second-order valence-electron chi connectivity index (χ2n) is 8.13. The summed E-state index contributed by atoms with van der Waals surface area (Å²) in [5.41, 5.74) is 1.22. The largest absolute Gasteiger partial charge is 0.385 e. The third kappa shape index (κ3) is 3.95. The summed E-state index contributed by atoms with van der Waals surface area (Å²) in [6.07, 6.45) is 7.95. The third-order valence-electron chi connectivity index (χ3n) is 6.36. The molecule has 0 saturated heterocycles. The van der Waals surface area contributed by atoms with Crippen molar-refractivity contribution in [3.8, 4) is 0 Å². The second kappa shape index (κ2) is 9.55. The molecule has 1 aliphatic heterocycles. The van der Waals surface area contributed by atoms with Crippen LogP contribution < -0.4 is 5.32 Å². The summed E-state index contributed by atoms with van der Waals surface area (Å²) in [6.45, 7) is 4.12. The van der Waals surface area contributed by atoms with Gasteiger partial charge in [0, 0.05) is 32.4 Å². The molecular weight excluding hydrogens is 352 g/mol. The maximum Gasteiger partial charge on any atom is 0.254 e. The smallest absolute Gasteiger partial charge is 0.254 e. The summed E-state index contributed by atoms with van der Waals surface area (Å²) >= 11 is 0. The van der Waals surface area contributed by atoms with Crippen LogP contribution in [-0.4, -0.2) is 49.1 Å². The van der Waals surface area contributed by atoms with Gasteiger partial charge in [-0.3, -0.25) is 9.59 Å². The predicted molar refractivity (Wildman–Crippen MR) is 110 cm³/mol. The molecule has 0 unspecified atom stereocenters. The van der Waals surface area contributed by atoms with Crippen molar-refractivity contribution in [2.24, 2.45) is 0 Å². The molecule has 28 heavy (non-hydrogen) atoms. The molecule has 2 aliphatic rings. The number of rotatable bonds is 8. The van der Waals surface area contributed by atoms with E-state index >= 15 is 0 Å². The number of benzene rings is 1. The van der Waals surface area contributed by atoms with E-state index in [1.807, 2.05) is 24.3 Å². The van der Waals surface area contributed by atoms with E-state index < -0.39 is 0 Å². The highest BCUT2D eigenvalue weighted by atomic mass is 16.5. The first-order valence-corrected chi connectivity index (χ1v) is 10.8. The van der Waals surface area contributed by atoms with Crippen molar-refractivity contribution in [2.45, 2.75) is 69.7 Å². The molecule has 1 saturated carbocycles. The molecule has 1 atom stereocenters. The molecule has 1 aliphatic carbocycles. The number of hydrogen-bond donors (Lipinski definition) is 1. The van der Waals surface area contributed by atoms with Gasteiger partial charge < -0.3 is 15.0 Å². The maximum atomic E-state index is 13.4. The highest BCUT2D eigenvalue weighted by molar-refractivity contribution is 6.02. The van der Waals surface area contributed by atoms with Crippen molar-refractivity contribution in [1.82, 2.24) is 10.2 Å². The van der Waals surface area contributed by atoms with E-state index in [0.29, 0.717) is 18.7 Å². The molecule has 1 aromatic rings. The first-order valence-electron chi connectivity index (χ1n) is 10.8. The highest BCUT2D eigenvalue weighted by Crippen LogP contribution is 2.49. The van der Waals surface area contributed by atoms with Crippen LogP contribution in [0.5, 0.6) is 0 Å². The van der Waals surface area contributed by atoms with Crippen LogP contribution in [0.4, 0.5) is 0 Å². The normalized spacial score (nSPS) is 20.9. The molecule has 5 heteroatoms. The zero-order valence-electron chi connectivity index (χ0n) is 17.3. The number of hydrogen-bond acceptors (Lipinski definition) is 3. The average molecular weight is 387 g/mol. The molecule has 1 N–H and O–H groups in total. The molecule has 1 aromatic carbocycles. The topological polar surface area (TPSA) is 58.6 Å². The molecule has 1 spiro atoms. The van der Waals surface area contributed by atoms with Crippen LogP contribution in [0.1, 0.15) is 80.1 Å². The highest BCUT2D eigenvalue weighted by Gasteiger charge is 2.54. The molecule has 2 amide bonds. The molecule has 0 radical (unpaired) electrons. The average Bonchev–Trinajstić information content (AvgIpc) is 2.72. The minimum Gasteiger partial charge on any atom is -0.385 e. The van der Waals surface area contributed by atoms with Gasteiger partial charge in [0.1, 0.15) is 0 Å². The number of amides is 2. The van der Waals surface area contributed by atoms with Crippen molar-refractivity contribution >= 4 is 11.8 Å². The zero-order valence-corrected chi connectivity index (χ0v) is 17.3. The quantitative estimate of drug-likeness (QED) is 0.690. The van der Waals surface area contributed by atoms with Crippen molar-refractivity contribution in [3.63, 3.8) is 0 Å². The number of nitrogens with zero attached hydrogens (tertiary/aromatic N) is 1. The summed E-state index contributed by atoms with van der Waals surface area (Å²) in [5, 5.41) is 3.13. The number of methoxy groups -OCH3 is 1. The van der Waals surface area contributed by atoms with Crippen LogP contribution in [0.3, 0.4) is 0 Å². The fourth-order valence-electron chi connectivity index (χ4n) is 5.01. The van der Waals surface area contributed by atoms with Gasteiger partial charge >= 0.3 is 0 Å². The summed E-state index contributed by atoms with van der Waals surface area (Å²) < 4.78 is 5.11. The van der Waals surface area contributed by atoms with Gasteiger partial charge in [-0.25, -0.2) is 0 Å². The SMILES string of the molecule is CCCCN1C(=O)c2ccccc2[C@@H](C(=O)NCCCOC)C12CCCCC2. The number of carbonyl (C=O) groups excluding carboxylic acids is 2. The number of carbonyl (C=O) groups is 2. The van der Waals surface area contributed by atoms with Crippen molar-refractivity contribution in [2.75, 3.05) is 26.8 Å². The van der Waals surface area contributed by atoms with Crippen LogP contribution in [0.25, 0.3) is 0 Å². The fraction of sp³-hybridized carbons (Fsp3) is 0.652. The minimum atomic E-state index is -0.385. The Bertz CT molecular complexity index is 682. The first-order chi connectivity index (χ1) is 13.7. The van der Waals surface area contributed by atoms with E-state index in [0.717, 1.165) is 57.1 Å². The zero-order chi connectivity index (χ0) is 20.0. The lowest BCUT2D eigenvalue weighted by molar-refractivity contribution is -0.127. The Morgan fingerprint density at radius 2 is 1.96 bits per heavy atom. The fourth-order valence-corrected chi connectivity index (χ4v) is 5.01. The van der Waals surface area contributed by atoms with Crippen LogP contribution >= 0.6 is 0 Å². The lowest BCUT2D eigenvalue weighted by atomic mass is 9.65. The molecule has 0 bridgehead atoms. The van der Waals surface area contributed by atoms with Crippen LogP contribution in [0.15, 0.2) is 24.3 Å². The van der Waals surface area contributed by atoms with Gasteiger partial charge in [0.05, 0.1) is 11.5 Å². The predicted octanol–water partition coefficient (Wildman–Crippen LogP) is 3.88. The molecular formula is C23H34N2O3.